The lowest BCUT2D eigenvalue weighted by atomic mass is 10.1. The predicted molar refractivity (Wildman–Crippen MR) is 69.2 cm³/mol. The van der Waals surface area contributed by atoms with Crippen molar-refractivity contribution in [2.75, 3.05) is 13.2 Å². The van der Waals surface area contributed by atoms with Crippen molar-refractivity contribution in [2.45, 2.75) is 12.8 Å². The molecule has 0 aliphatic rings. The first-order chi connectivity index (χ1) is 7.86. The maximum absolute atomic E-state index is 9.00. The Balaban J connectivity index is 2.34. The van der Waals surface area contributed by atoms with Crippen LogP contribution in [0.1, 0.15) is 11.1 Å². The molecule has 2 aromatic heterocycles. The van der Waals surface area contributed by atoms with E-state index in [1.165, 1.54) is 20.9 Å². The summed E-state index contributed by atoms with van der Waals surface area (Å²) < 4.78 is 0. The third-order valence-corrected chi connectivity index (χ3v) is 4.54. The molecule has 0 aliphatic heterocycles. The molecular weight excluding hydrogens is 240 g/mol. The molecule has 2 heterocycles. The molecule has 0 saturated carbocycles. The molecule has 2 aromatic rings. The van der Waals surface area contributed by atoms with E-state index in [0.29, 0.717) is 12.8 Å². The summed E-state index contributed by atoms with van der Waals surface area (Å²) in [6, 6.07) is 4.14. The Morgan fingerprint density at radius 1 is 0.812 bits per heavy atom. The van der Waals surface area contributed by atoms with Gasteiger partial charge in [-0.2, -0.15) is 0 Å². The zero-order valence-electron chi connectivity index (χ0n) is 8.85. The van der Waals surface area contributed by atoms with Crippen LogP contribution in [0.5, 0.6) is 0 Å². The summed E-state index contributed by atoms with van der Waals surface area (Å²) in [6.45, 7) is 0.370. The molecule has 0 radical (unpaired) electrons. The second-order valence-corrected chi connectivity index (χ2v) is 5.33. The van der Waals surface area contributed by atoms with E-state index in [1.54, 1.807) is 22.7 Å². The Kier molecular flexibility index (Phi) is 4.12. The van der Waals surface area contributed by atoms with Gasteiger partial charge in [0.25, 0.3) is 0 Å². The van der Waals surface area contributed by atoms with Crippen molar-refractivity contribution in [1.29, 1.82) is 0 Å². The molecule has 0 amide bonds. The Hall–Kier alpha value is -0.680. The molecule has 0 fully saturated rings. The molecule has 0 spiro atoms. The van der Waals surface area contributed by atoms with Crippen LogP contribution in [-0.4, -0.2) is 23.4 Å². The minimum atomic E-state index is 0.185. The van der Waals surface area contributed by atoms with Gasteiger partial charge >= 0.3 is 0 Å². The van der Waals surface area contributed by atoms with Gasteiger partial charge in [-0.1, -0.05) is 0 Å². The summed E-state index contributed by atoms with van der Waals surface area (Å²) in [7, 11) is 0. The molecule has 2 rings (SSSR count). The summed E-state index contributed by atoms with van der Waals surface area (Å²) in [4.78, 5) is 2.49. The van der Waals surface area contributed by atoms with Crippen molar-refractivity contribution in [3.8, 4) is 9.75 Å². The van der Waals surface area contributed by atoms with Crippen LogP contribution in [-0.2, 0) is 12.8 Å². The molecule has 16 heavy (non-hydrogen) atoms. The first-order valence-corrected chi connectivity index (χ1v) is 6.97. The van der Waals surface area contributed by atoms with Crippen LogP contribution in [0.25, 0.3) is 9.75 Å². The van der Waals surface area contributed by atoms with Gasteiger partial charge in [0.2, 0.25) is 0 Å². The molecule has 2 nitrogen and oxygen atoms in total. The summed E-state index contributed by atoms with van der Waals surface area (Å²) in [5.41, 5.74) is 2.41. The first kappa shape index (κ1) is 11.8. The van der Waals surface area contributed by atoms with Crippen LogP contribution in [0.4, 0.5) is 0 Å². The molecule has 86 valence electrons. The van der Waals surface area contributed by atoms with Crippen LogP contribution in [0, 0.1) is 0 Å². The normalized spacial score (nSPS) is 10.9. The summed E-state index contributed by atoms with van der Waals surface area (Å²) in [6.07, 6.45) is 1.41. The highest BCUT2D eigenvalue weighted by molar-refractivity contribution is 7.20. The third kappa shape index (κ3) is 2.35. The largest absolute Gasteiger partial charge is 0.396 e. The Labute approximate surface area is 103 Å². The molecule has 0 saturated heterocycles. The van der Waals surface area contributed by atoms with Gasteiger partial charge in [-0.05, 0) is 46.9 Å². The van der Waals surface area contributed by atoms with Crippen molar-refractivity contribution in [3.05, 3.63) is 34.0 Å². The van der Waals surface area contributed by atoms with E-state index < -0.39 is 0 Å². The van der Waals surface area contributed by atoms with Crippen molar-refractivity contribution in [3.63, 3.8) is 0 Å². The van der Waals surface area contributed by atoms with Crippen LogP contribution in [0.3, 0.4) is 0 Å². The van der Waals surface area contributed by atoms with Gasteiger partial charge in [-0.3, -0.25) is 0 Å². The smallest absolute Gasteiger partial charge is 0.0478 e. The van der Waals surface area contributed by atoms with E-state index in [4.69, 9.17) is 10.2 Å². The van der Waals surface area contributed by atoms with Gasteiger partial charge in [0.05, 0.1) is 0 Å². The molecule has 0 aliphatic carbocycles. The molecule has 0 bridgehead atoms. The molecule has 2 N–H and O–H groups in total. The van der Waals surface area contributed by atoms with Gasteiger partial charge < -0.3 is 10.2 Å². The average molecular weight is 254 g/mol. The van der Waals surface area contributed by atoms with E-state index >= 15 is 0 Å². The predicted octanol–water partition coefficient (Wildman–Crippen LogP) is 2.55. The minimum Gasteiger partial charge on any atom is -0.396 e. The van der Waals surface area contributed by atoms with Crippen LogP contribution < -0.4 is 0 Å². The van der Waals surface area contributed by atoms with Gasteiger partial charge in [-0.15, -0.1) is 22.7 Å². The third-order valence-electron chi connectivity index (χ3n) is 2.46. The van der Waals surface area contributed by atoms with Gasteiger partial charge in [-0.25, -0.2) is 0 Å². The topological polar surface area (TPSA) is 40.5 Å². The highest BCUT2D eigenvalue weighted by Gasteiger charge is 2.12. The van der Waals surface area contributed by atoms with Gasteiger partial charge in [0, 0.05) is 23.0 Å². The van der Waals surface area contributed by atoms with Gasteiger partial charge in [0.1, 0.15) is 0 Å². The standard InChI is InChI=1S/C12H14O2S2/c13-5-1-9-3-7-15-11(9)12-10(2-6-14)4-8-16-12/h3-4,7-8,13-14H,1-2,5-6H2. The number of hydrogen-bond acceptors (Lipinski definition) is 4. The Morgan fingerprint density at radius 2 is 1.25 bits per heavy atom. The lowest BCUT2D eigenvalue weighted by Gasteiger charge is -2.03. The fourth-order valence-electron chi connectivity index (χ4n) is 1.70. The second-order valence-electron chi connectivity index (χ2n) is 3.50. The van der Waals surface area contributed by atoms with Crippen LogP contribution in [0.15, 0.2) is 22.9 Å². The molecular formula is C12H14O2S2. The maximum atomic E-state index is 9.00. The number of thiophene rings is 2. The monoisotopic (exact) mass is 254 g/mol. The van der Waals surface area contributed by atoms with E-state index in [0.717, 1.165) is 0 Å². The summed E-state index contributed by atoms with van der Waals surface area (Å²) >= 11 is 3.41. The lowest BCUT2D eigenvalue weighted by molar-refractivity contribution is 0.299. The molecule has 0 aromatic carbocycles. The maximum Gasteiger partial charge on any atom is 0.0478 e. The fourth-order valence-corrected chi connectivity index (χ4v) is 3.85. The summed E-state index contributed by atoms with van der Waals surface area (Å²) in [5.74, 6) is 0. The van der Waals surface area contributed by atoms with Crippen molar-refractivity contribution in [2.24, 2.45) is 0 Å². The van der Waals surface area contributed by atoms with Crippen molar-refractivity contribution in [1.82, 2.24) is 0 Å². The number of aliphatic hydroxyl groups is 2. The van der Waals surface area contributed by atoms with E-state index in [-0.39, 0.29) is 13.2 Å². The molecule has 0 unspecified atom stereocenters. The Morgan fingerprint density at radius 3 is 1.62 bits per heavy atom. The van der Waals surface area contributed by atoms with Crippen molar-refractivity contribution < 1.29 is 10.2 Å². The van der Waals surface area contributed by atoms with Crippen molar-refractivity contribution >= 4 is 22.7 Å². The van der Waals surface area contributed by atoms with E-state index in [9.17, 15) is 0 Å². The first-order valence-electron chi connectivity index (χ1n) is 5.21. The molecule has 4 heteroatoms. The number of aliphatic hydroxyl groups excluding tert-OH is 2. The summed E-state index contributed by atoms with van der Waals surface area (Å²) in [5, 5.41) is 22.1. The van der Waals surface area contributed by atoms with Crippen LogP contribution in [0.2, 0.25) is 0 Å². The quantitative estimate of drug-likeness (QED) is 0.861. The highest BCUT2D eigenvalue weighted by atomic mass is 32.1. The number of rotatable bonds is 5. The zero-order chi connectivity index (χ0) is 11.4. The highest BCUT2D eigenvalue weighted by Crippen LogP contribution is 2.36. The fraction of sp³-hybridized carbons (Fsp3) is 0.333. The van der Waals surface area contributed by atoms with E-state index in [2.05, 4.69) is 22.9 Å². The van der Waals surface area contributed by atoms with E-state index in [1.807, 2.05) is 0 Å². The number of hydrogen-bond donors (Lipinski definition) is 2. The lowest BCUT2D eigenvalue weighted by Crippen LogP contribution is -1.93. The second kappa shape index (κ2) is 5.59. The average Bonchev–Trinajstić information content (AvgIpc) is 2.87. The zero-order valence-corrected chi connectivity index (χ0v) is 10.5. The molecule has 0 atom stereocenters. The van der Waals surface area contributed by atoms with Gasteiger partial charge in [0.15, 0.2) is 0 Å². The minimum absolute atomic E-state index is 0.185. The SMILES string of the molecule is OCCc1ccsc1-c1sccc1CCO. The van der Waals surface area contributed by atoms with Crippen LogP contribution >= 0.6 is 22.7 Å². The Bertz CT molecular complexity index is 403.